The molecule has 0 spiro atoms. The number of rotatable bonds is 3. The molecule has 0 radical (unpaired) electrons. The number of carbonyl (C=O) groups excluding carboxylic acids is 1. The van der Waals surface area contributed by atoms with Crippen LogP contribution in [0.25, 0.3) is 27.8 Å². The topological polar surface area (TPSA) is 91.2 Å². The fourth-order valence-electron chi connectivity index (χ4n) is 5.21. The van der Waals surface area contributed by atoms with Gasteiger partial charge in [0.15, 0.2) is 11.5 Å². The van der Waals surface area contributed by atoms with Crippen LogP contribution in [0.3, 0.4) is 0 Å². The van der Waals surface area contributed by atoms with Crippen LogP contribution in [0.4, 0.5) is 10.3 Å². The van der Waals surface area contributed by atoms with Crippen LogP contribution in [-0.4, -0.2) is 54.3 Å². The number of hydrogen-bond donors (Lipinski definition) is 2. The van der Waals surface area contributed by atoms with Crippen LogP contribution in [0, 0.1) is 17.7 Å². The highest BCUT2D eigenvalue weighted by Gasteiger charge is 2.41. The standard InChI is InChI=1S/C22H22FN7O/c1-12(31)30-9-13-4-16(5-14(13)10-30)27-22-26-8-18-17(7-25-20(18)28-22)15-6-19(23)21-24-2-3-29(21)11-15/h2-3,6-8,11,13-14,16H,4-5,9-10H2,1H3,(H2,25,26,27,28)/t13-,14+,16-. The van der Waals surface area contributed by atoms with Crippen LogP contribution in [0.2, 0.25) is 0 Å². The third kappa shape index (κ3) is 3.03. The number of imidazole rings is 1. The van der Waals surface area contributed by atoms with Crippen LogP contribution in [0.15, 0.2) is 37.1 Å². The van der Waals surface area contributed by atoms with E-state index >= 15 is 0 Å². The highest BCUT2D eigenvalue weighted by atomic mass is 19.1. The zero-order valence-electron chi connectivity index (χ0n) is 17.0. The van der Waals surface area contributed by atoms with Crippen LogP contribution in [-0.2, 0) is 4.79 Å². The maximum atomic E-state index is 14.4. The summed E-state index contributed by atoms with van der Waals surface area (Å²) < 4.78 is 16.0. The molecule has 2 aliphatic rings. The van der Waals surface area contributed by atoms with E-state index in [1.54, 1.807) is 29.9 Å². The fraction of sp³-hybridized carbons (Fsp3) is 0.364. The van der Waals surface area contributed by atoms with E-state index in [-0.39, 0.29) is 11.7 Å². The molecule has 8 nitrogen and oxygen atoms in total. The van der Waals surface area contributed by atoms with Crippen molar-refractivity contribution in [2.75, 3.05) is 18.4 Å². The van der Waals surface area contributed by atoms with Crippen molar-refractivity contribution in [1.82, 2.24) is 29.2 Å². The molecule has 9 heteroatoms. The molecular formula is C22H22FN7O. The summed E-state index contributed by atoms with van der Waals surface area (Å²) >= 11 is 0. The third-order valence-electron chi connectivity index (χ3n) is 6.72. The van der Waals surface area contributed by atoms with Gasteiger partial charge in [0.2, 0.25) is 11.9 Å². The van der Waals surface area contributed by atoms with Crippen LogP contribution in [0.1, 0.15) is 19.8 Å². The monoisotopic (exact) mass is 419 g/mol. The molecule has 1 aliphatic heterocycles. The molecule has 3 atom stereocenters. The summed E-state index contributed by atoms with van der Waals surface area (Å²) in [6.07, 6.45) is 10.8. The Morgan fingerprint density at radius 3 is 2.84 bits per heavy atom. The Morgan fingerprint density at radius 2 is 2.06 bits per heavy atom. The first-order chi connectivity index (χ1) is 15.0. The number of carbonyl (C=O) groups is 1. The van der Waals surface area contributed by atoms with E-state index in [9.17, 15) is 9.18 Å². The predicted molar refractivity (Wildman–Crippen MR) is 114 cm³/mol. The summed E-state index contributed by atoms with van der Waals surface area (Å²) in [6, 6.07) is 1.80. The minimum Gasteiger partial charge on any atom is -0.351 e. The zero-order chi connectivity index (χ0) is 21.1. The van der Waals surface area contributed by atoms with Crippen LogP contribution in [0.5, 0.6) is 0 Å². The first kappa shape index (κ1) is 18.3. The highest BCUT2D eigenvalue weighted by Crippen LogP contribution is 2.39. The average molecular weight is 419 g/mol. The van der Waals surface area contributed by atoms with Crippen molar-refractivity contribution >= 4 is 28.5 Å². The summed E-state index contributed by atoms with van der Waals surface area (Å²) in [5.74, 6) is 1.49. The lowest BCUT2D eigenvalue weighted by atomic mass is 10.0. The zero-order valence-corrected chi connectivity index (χ0v) is 17.0. The minimum atomic E-state index is -0.369. The first-order valence-electron chi connectivity index (χ1n) is 10.5. The van der Waals surface area contributed by atoms with Gasteiger partial charge in [0.25, 0.3) is 0 Å². The molecular weight excluding hydrogens is 397 g/mol. The fourth-order valence-corrected chi connectivity index (χ4v) is 5.21. The number of aromatic nitrogens is 5. The number of anilines is 1. The van der Waals surface area contributed by atoms with Crippen LogP contribution < -0.4 is 5.32 Å². The number of pyridine rings is 1. The van der Waals surface area contributed by atoms with E-state index < -0.39 is 0 Å². The Bertz CT molecular complexity index is 1300. The van der Waals surface area contributed by atoms with Gasteiger partial charge in [-0.2, -0.15) is 4.98 Å². The number of amides is 1. The summed E-state index contributed by atoms with van der Waals surface area (Å²) in [4.78, 5) is 29.9. The van der Waals surface area contributed by atoms with Gasteiger partial charge < -0.3 is 19.6 Å². The molecule has 31 heavy (non-hydrogen) atoms. The van der Waals surface area contributed by atoms with Crippen molar-refractivity contribution in [2.24, 2.45) is 11.8 Å². The molecule has 0 bridgehead atoms. The molecule has 5 heterocycles. The summed E-state index contributed by atoms with van der Waals surface area (Å²) in [5.41, 5.74) is 2.59. The number of nitrogens with zero attached hydrogens (tertiary/aromatic N) is 5. The largest absolute Gasteiger partial charge is 0.351 e. The maximum absolute atomic E-state index is 14.4. The smallest absolute Gasteiger partial charge is 0.224 e. The molecule has 2 fully saturated rings. The SMILES string of the molecule is CC(=O)N1C[C@H]2C[C@@H](Nc3ncc4c(-c5cc(F)c6nccn6c5)c[nH]c4n3)C[C@H]2C1. The Kier molecular flexibility index (Phi) is 3.99. The quantitative estimate of drug-likeness (QED) is 0.533. The van der Waals surface area contributed by atoms with Gasteiger partial charge in [-0.3, -0.25) is 4.79 Å². The number of likely N-dealkylation sites (tertiary alicyclic amines) is 1. The number of aromatic amines is 1. The van der Waals surface area contributed by atoms with Crippen molar-refractivity contribution in [1.29, 1.82) is 0 Å². The average Bonchev–Trinajstić information content (AvgIpc) is 3.49. The Hall–Kier alpha value is -3.49. The first-order valence-corrected chi connectivity index (χ1v) is 10.5. The van der Waals surface area contributed by atoms with Crippen molar-refractivity contribution in [3.05, 3.63) is 42.9 Å². The minimum absolute atomic E-state index is 0.169. The van der Waals surface area contributed by atoms with E-state index in [2.05, 4.69) is 25.3 Å². The van der Waals surface area contributed by atoms with E-state index in [4.69, 9.17) is 0 Å². The number of nitrogens with one attached hydrogen (secondary N) is 2. The molecule has 0 unspecified atom stereocenters. The van der Waals surface area contributed by atoms with Gasteiger partial charge >= 0.3 is 0 Å². The normalized spacial score (nSPS) is 23.0. The van der Waals surface area contributed by atoms with Gasteiger partial charge in [0, 0.05) is 73.6 Å². The molecule has 0 aromatic carbocycles. The lowest BCUT2D eigenvalue weighted by Crippen LogP contribution is -2.29. The molecule has 4 aromatic heterocycles. The Labute approximate surface area is 177 Å². The highest BCUT2D eigenvalue weighted by molar-refractivity contribution is 5.93. The summed E-state index contributed by atoms with van der Waals surface area (Å²) in [6.45, 7) is 3.36. The molecule has 1 saturated heterocycles. The molecule has 1 amide bonds. The number of halogens is 1. The lowest BCUT2D eigenvalue weighted by Gasteiger charge is -2.18. The van der Waals surface area contributed by atoms with Gasteiger partial charge in [0.05, 0.1) is 0 Å². The van der Waals surface area contributed by atoms with Crippen molar-refractivity contribution in [2.45, 2.75) is 25.8 Å². The van der Waals surface area contributed by atoms with Gasteiger partial charge in [-0.05, 0) is 30.7 Å². The second-order valence-corrected chi connectivity index (χ2v) is 8.65. The van der Waals surface area contributed by atoms with Crippen molar-refractivity contribution in [3.8, 4) is 11.1 Å². The van der Waals surface area contributed by atoms with Gasteiger partial charge in [-0.25, -0.2) is 14.4 Å². The second kappa shape index (κ2) is 6.76. The number of hydrogen-bond acceptors (Lipinski definition) is 5. The second-order valence-electron chi connectivity index (χ2n) is 8.65. The Morgan fingerprint density at radius 1 is 1.26 bits per heavy atom. The van der Waals surface area contributed by atoms with E-state index in [0.717, 1.165) is 42.4 Å². The van der Waals surface area contributed by atoms with E-state index in [1.165, 1.54) is 6.07 Å². The third-order valence-corrected chi connectivity index (χ3v) is 6.72. The maximum Gasteiger partial charge on any atom is 0.224 e. The number of fused-ring (bicyclic) bond motifs is 3. The lowest BCUT2D eigenvalue weighted by molar-refractivity contribution is -0.128. The molecule has 158 valence electrons. The predicted octanol–water partition coefficient (Wildman–Crippen LogP) is 3.08. The summed E-state index contributed by atoms with van der Waals surface area (Å²) in [5, 5.41) is 4.30. The van der Waals surface area contributed by atoms with Crippen LogP contribution >= 0.6 is 0 Å². The summed E-state index contributed by atoms with van der Waals surface area (Å²) in [7, 11) is 0. The molecule has 1 saturated carbocycles. The van der Waals surface area contributed by atoms with Gasteiger partial charge in [-0.15, -0.1) is 0 Å². The van der Waals surface area contributed by atoms with E-state index in [0.29, 0.717) is 35.1 Å². The Balaban J connectivity index is 1.22. The molecule has 2 N–H and O–H groups in total. The number of H-pyrrole nitrogens is 1. The molecule has 1 aliphatic carbocycles. The van der Waals surface area contributed by atoms with E-state index in [1.807, 2.05) is 17.3 Å². The van der Waals surface area contributed by atoms with Crippen molar-refractivity contribution < 1.29 is 9.18 Å². The van der Waals surface area contributed by atoms with Gasteiger partial charge in [-0.1, -0.05) is 0 Å². The molecule has 6 rings (SSSR count). The molecule has 4 aromatic rings. The van der Waals surface area contributed by atoms with Crippen molar-refractivity contribution in [3.63, 3.8) is 0 Å². The van der Waals surface area contributed by atoms with Gasteiger partial charge in [0.1, 0.15) is 5.65 Å².